The van der Waals surface area contributed by atoms with Gasteiger partial charge in [0.1, 0.15) is 5.41 Å². The van der Waals surface area contributed by atoms with Crippen LogP contribution in [0.15, 0.2) is 0 Å². The summed E-state index contributed by atoms with van der Waals surface area (Å²) < 4.78 is -0.114. The van der Waals surface area contributed by atoms with Gasteiger partial charge in [0, 0.05) is 0 Å². The molecule has 0 aromatic heterocycles. The van der Waals surface area contributed by atoms with Crippen molar-refractivity contribution in [1.82, 2.24) is 0 Å². The topological polar surface area (TPSA) is 149 Å². The fraction of sp³-hybridized carbons (Fsp3) is 0.714. The van der Waals surface area contributed by atoms with Crippen LogP contribution in [0.5, 0.6) is 0 Å². The molecule has 1 aliphatic rings. The van der Waals surface area contributed by atoms with E-state index in [1.807, 2.05) is 0 Å². The van der Waals surface area contributed by atoms with E-state index in [4.69, 9.17) is 15.3 Å². The molecule has 130 valence electrons. The molecule has 0 radical (unpaired) electrons. The number of carboxylic acid groups (broad SMARTS) is 4. The maximum Gasteiger partial charge on any atom is 0.315 e. The lowest BCUT2D eigenvalue weighted by Crippen LogP contribution is -2.55. The number of rotatable bonds is 12. The van der Waals surface area contributed by atoms with Crippen molar-refractivity contribution in [2.75, 3.05) is 26.2 Å². The minimum atomic E-state index is -1.08. The molecule has 1 aliphatic carbocycles. The zero-order chi connectivity index (χ0) is 17.7. The summed E-state index contributed by atoms with van der Waals surface area (Å²) in [5, 5.41) is 36.0. The van der Waals surface area contributed by atoms with E-state index in [0.717, 1.165) is 0 Å². The predicted octanol–water partition coefficient (Wildman–Crippen LogP) is 0.0921. The number of quaternary nitrogens is 1. The lowest BCUT2D eigenvalue weighted by Gasteiger charge is -2.40. The summed E-state index contributed by atoms with van der Waals surface area (Å²) in [5.41, 5.74) is -0.991. The molecule has 0 saturated heterocycles. The average molecular weight is 332 g/mol. The summed E-state index contributed by atoms with van der Waals surface area (Å²) in [7, 11) is 0. The molecule has 1 fully saturated rings. The predicted molar refractivity (Wildman–Crippen MR) is 75.8 cm³/mol. The fourth-order valence-electron chi connectivity index (χ4n) is 2.80. The van der Waals surface area contributed by atoms with Crippen LogP contribution in [-0.4, -0.2) is 75.0 Å². The first-order valence-electron chi connectivity index (χ1n) is 7.35. The van der Waals surface area contributed by atoms with Crippen molar-refractivity contribution in [2.24, 2.45) is 5.41 Å². The van der Waals surface area contributed by atoms with Gasteiger partial charge in [0.05, 0.1) is 45.4 Å². The van der Waals surface area contributed by atoms with Crippen molar-refractivity contribution in [2.45, 2.75) is 32.1 Å². The summed E-state index contributed by atoms with van der Waals surface area (Å²) in [5.74, 6) is -4.25. The van der Waals surface area contributed by atoms with Crippen LogP contribution in [0.1, 0.15) is 32.1 Å². The number of nitrogens with zero attached hydrogens (tertiary/aromatic N) is 1. The van der Waals surface area contributed by atoms with Crippen LogP contribution in [-0.2, 0) is 19.2 Å². The van der Waals surface area contributed by atoms with Gasteiger partial charge in [-0.2, -0.15) is 0 Å². The Hall–Kier alpha value is -2.16. The van der Waals surface area contributed by atoms with Crippen LogP contribution in [0.3, 0.4) is 0 Å². The molecule has 0 bridgehead atoms. The first kappa shape index (κ1) is 18.9. The van der Waals surface area contributed by atoms with Crippen LogP contribution in [0.2, 0.25) is 0 Å². The van der Waals surface area contributed by atoms with Crippen molar-refractivity contribution < 1.29 is 44.1 Å². The summed E-state index contributed by atoms with van der Waals surface area (Å²) in [6.45, 7) is 0.122. The minimum absolute atomic E-state index is 0.0188. The summed E-state index contributed by atoms with van der Waals surface area (Å²) in [6.07, 6.45) is 0.0733. The lowest BCUT2D eigenvalue weighted by atomic mass is 10.0. The molecule has 0 aliphatic heterocycles. The maximum atomic E-state index is 11.4. The van der Waals surface area contributed by atoms with Gasteiger partial charge in [0.25, 0.3) is 0 Å². The third-order valence-electron chi connectivity index (χ3n) is 4.35. The van der Waals surface area contributed by atoms with E-state index in [1.165, 1.54) is 0 Å². The van der Waals surface area contributed by atoms with Crippen LogP contribution < -0.4 is 0 Å². The van der Waals surface area contributed by atoms with Crippen LogP contribution in [0.25, 0.3) is 0 Å². The van der Waals surface area contributed by atoms with E-state index in [2.05, 4.69) is 0 Å². The molecule has 0 spiro atoms. The standard InChI is InChI=1S/C14H21NO8/c16-10(17)1-6-15(7-2-11(18)19,8-3-12(20)21)9-14(4-5-14)13(22)23/h1-9H2,(H3-,16,17,18,19,20,21,22,23)/p+1. The second kappa shape index (κ2) is 7.40. The Kier molecular flexibility index (Phi) is 6.08. The van der Waals surface area contributed by atoms with Crippen LogP contribution >= 0.6 is 0 Å². The Morgan fingerprint density at radius 3 is 1.30 bits per heavy atom. The quantitative estimate of drug-likeness (QED) is 0.367. The molecule has 0 amide bonds. The highest BCUT2D eigenvalue weighted by atomic mass is 16.4. The summed E-state index contributed by atoms with van der Waals surface area (Å²) in [6, 6.07) is 0. The maximum absolute atomic E-state index is 11.4. The summed E-state index contributed by atoms with van der Waals surface area (Å²) >= 11 is 0. The van der Waals surface area contributed by atoms with Crippen LogP contribution in [0.4, 0.5) is 0 Å². The van der Waals surface area contributed by atoms with Gasteiger partial charge in [-0.1, -0.05) is 0 Å². The largest absolute Gasteiger partial charge is 0.481 e. The molecular weight excluding hydrogens is 310 g/mol. The minimum Gasteiger partial charge on any atom is -0.481 e. The molecule has 4 N–H and O–H groups in total. The second-order valence-electron chi connectivity index (χ2n) is 6.19. The molecule has 0 aromatic carbocycles. The molecule has 0 unspecified atom stereocenters. The Balaban J connectivity index is 2.98. The molecule has 23 heavy (non-hydrogen) atoms. The van der Waals surface area contributed by atoms with Gasteiger partial charge in [-0.25, -0.2) is 0 Å². The van der Waals surface area contributed by atoms with Crippen LogP contribution in [0, 0.1) is 5.41 Å². The molecule has 0 heterocycles. The molecule has 0 aromatic rings. The van der Waals surface area contributed by atoms with Gasteiger partial charge in [-0.15, -0.1) is 0 Å². The van der Waals surface area contributed by atoms with Gasteiger partial charge in [-0.3, -0.25) is 19.2 Å². The normalized spacial score (nSPS) is 15.8. The molecule has 9 nitrogen and oxygen atoms in total. The average Bonchev–Trinajstić information content (AvgIpc) is 3.21. The zero-order valence-electron chi connectivity index (χ0n) is 12.7. The fourth-order valence-corrected chi connectivity index (χ4v) is 2.80. The van der Waals surface area contributed by atoms with Crippen molar-refractivity contribution in [1.29, 1.82) is 0 Å². The Morgan fingerprint density at radius 1 is 0.739 bits per heavy atom. The first-order chi connectivity index (χ1) is 10.6. The van der Waals surface area contributed by atoms with E-state index in [9.17, 15) is 24.3 Å². The molecular formula is C14H22NO8+. The number of hydrogen-bond acceptors (Lipinski definition) is 4. The van der Waals surface area contributed by atoms with Crippen molar-refractivity contribution in [3.05, 3.63) is 0 Å². The Morgan fingerprint density at radius 2 is 1.09 bits per heavy atom. The third kappa shape index (κ3) is 5.85. The first-order valence-corrected chi connectivity index (χ1v) is 7.35. The van der Waals surface area contributed by atoms with Gasteiger partial charge in [-0.05, 0) is 12.8 Å². The Bertz CT molecular complexity index is 451. The van der Waals surface area contributed by atoms with E-state index >= 15 is 0 Å². The molecule has 9 heteroatoms. The van der Waals surface area contributed by atoms with Gasteiger partial charge < -0.3 is 24.9 Å². The van der Waals surface area contributed by atoms with Crippen molar-refractivity contribution >= 4 is 23.9 Å². The van der Waals surface area contributed by atoms with Crippen molar-refractivity contribution in [3.8, 4) is 0 Å². The number of carboxylic acids is 4. The number of aliphatic carboxylic acids is 4. The van der Waals surface area contributed by atoms with E-state index in [-0.39, 0.29) is 49.9 Å². The van der Waals surface area contributed by atoms with E-state index in [1.54, 1.807) is 0 Å². The SMILES string of the molecule is O=C(O)CC[N+](CCC(=O)O)(CCC(=O)O)CC1(C(=O)O)CC1. The molecule has 0 atom stereocenters. The number of carbonyl (C=O) groups is 4. The second-order valence-corrected chi connectivity index (χ2v) is 6.19. The third-order valence-corrected chi connectivity index (χ3v) is 4.35. The highest BCUT2D eigenvalue weighted by Gasteiger charge is 2.56. The van der Waals surface area contributed by atoms with Gasteiger partial charge in [0.2, 0.25) is 0 Å². The summed E-state index contributed by atoms with van der Waals surface area (Å²) in [4.78, 5) is 44.1. The smallest absolute Gasteiger partial charge is 0.315 e. The monoisotopic (exact) mass is 332 g/mol. The van der Waals surface area contributed by atoms with Gasteiger partial charge in [0.15, 0.2) is 0 Å². The van der Waals surface area contributed by atoms with E-state index in [0.29, 0.717) is 12.8 Å². The highest BCUT2D eigenvalue weighted by Crippen LogP contribution is 2.48. The zero-order valence-corrected chi connectivity index (χ0v) is 12.7. The molecule has 1 rings (SSSR count). The highest BCUT2D eigenvalue weighted by molar-refractivity contribution is 5.78. The lowest BCUT2D eigenvalue weighted by molar-refractivity contribution is -0.930. The van der Waals surface area contributed by atoms with E-state index < -0.39 is 29.3 Å². The number of hydrogen-bond donors (Lipinski definition) is 4. The molecule has 1 saturated carbocycles. The van der Waals surface area contributed by atoms with Gasteiger partial charge >= 0.3 is 23.9 Å². The Labute approximate surface area is 132 Å². The van der Waals surface area contributed by atoms with Crippen molar-refractivity contribution in [3.63, 3.8) is 0 Å².